The number of aromatic nitrogens is 2. The molecule has 27 heavy (non-hydrogen) atoms. The minimum atomic E-state index is -4.47. The first-order valence-electron chi connectivity index (χ1n) is 7.01. The number of para-hydroxylation sites is 1. The minimum absolute atomic E-state index is 0.101. The number of hydrogen-bond acceptors (Lipinski definition) is 9. The van der Waals surface area contributed by atoms with E-state index in [0.717, 1.165) is 6.07 Å². The minimum Gasteiger partial charge on any atom is -0.481 e. The normalized spacial score (nSPS) is 10.6. The third kappa shape index (κ3) is 5.46. The number of carbonyl (C=O) groups excluding carboxylic acids is 1. The van der Waals surface area contributed by atoms with Crippen LogP contribution in [-0.4, -0.2) is 43.9 Å². The molecule has 0 bridgehead atoms. The summed E-state index contributed by atoms with van der Waals surface area (Å²) in [5, 5.41) is 0.578. The van der Waals surface area contributed by atoms with E-state index in [4.69, 9.17) is 14.2 Å². The molecule has 0 radical (unpaired) electrons. The zero-order valence-corrected chi connectivity index (χ0v) is 15.6. The van der Waals surface area contributed by atoms with E-state index in [-0.39, 0.29) is 23.5 Å². The third-order valence-electron chi connectivity index (χ3n) is 2.83. The molecule has 2 N–H and O–H groups in total. The molecular weight excluding hydrogens is 403 g/mol. The summed E-state index contributed by atoms with van der Waals surface area (Å²) in [6, 6.07) is 4.61. The summed E-state index contributed by atoms with van der Waals surface area (Å²) in [4.78, 5) is 19.0. The van der Waals surface area contributed by atoms with Crippen molar-refractivity contribution in [1.29, 1.82) is 0 Å². The second-order valence-corrected chi connectivity index (χ2v) is 6.29. The van der Waals surface area contributed by atoms with Crippen molar-refractivity contribution in [3.05, 3.63) is 30.1 Å². The van der Waals surface area contributed by atoms with Crippen LogP contribution in [0, 0.1) is 5.82 Å². The zero-order valence-electron chi connectivity index (χ0n) is 13.9. The lowest BCUT2D eigenvalue weighted by molar-refractivity contribution is -0.112. The highest BCUT2D eigenvalue weighted by atomic mass is 32.2. The van der Waals surface area contributed by atoms with Crippen LogP contribution in [0.3, 0.4) is 0 Å². The van der Waals surface area contributed by atoms with Gasteiger partial charge in [-0.05, 0) is 12.1 Å². The average molecular weight is 416 g/mol. The SMILES string of the molecule is COc1cc(OC)nc(Oc2cccc(F)c2NS(=O)(=O)NC(=O)C=S)n1. The van der Waals surface area contributed by atoms with Gasteiger partial charge in [-0.1, -0.05) is 18.3 Å². The Morgan fingerprint density at radius 2 is 1.85 bits per heavy atom. The molecule has 1 amide bonds. The third-order valence-corrected chi connectivity index (χ3v) is 3.99. The first-order valence-corrected chi connectivity index (χ1v) is 8.96. The van der Waals surface area contributed by atoms with Crippen molar-refractivity contribution in [3.8, 4) is 23.5 Å². The van der Waals surface area contributed by atoms with Crippen LogP contribution < -0.4 is 23.7 Å². The molecule has 1 aromatic carbocycles. The largest absolute Gasteiger partial charge is 0.481 e. The quantitative estimate of drug-likeness (QED) is 0.610. The van der Waals surface area contributed by atoms with E-state index in [1.807, 2.05) is 4.72 Å². The summed E-state index contributed by atoms with van der Waals surface area (Å²) in [7, 11) is -1.76. The molecule has 0 aliphatic carbocycles. The molecule has 13 heteroatoms. The zero-order chi connectivity index (χ0) is 20.0. The lowest BCUT2D eigenvalue weighted by Gasteiger charge is -2.14. The van der Waals surface area contributed by atoms with Gasteiger partial charge >= 0.3 is 16.2 Å². The van der Waals surface area contributed by atoms with Crippen molar-refractivity contribution in [3.63, 3.8) is 0 Å². The van der Waals surface area contributed by atoms with Crippen LogP contribution in [0.15, 0.2) is 24.3 Å². The van der Waals surface area contributed by atoms with Gasteiger partial charge in [0.15, 0.2) is 11.6 Å². The molecule has 0 aliphatic heterocycles. The van der Waals surface area contributed by atoms with Gasteiger partial charge in [0.25, 0.3) is 5.91 Å². The van der Waals surface area contributed by atoms with Gasteiger partial charge in [-0.25, -0.2) is 9.11 Å². The Morgan fingerprint density at radius 3 is 2.41 bits per heavy atom. The van der Waals surface area contributed by atoms with Crippen LogP contribution >= 0.6 is 12.2 Å². The Labute approximate surface area is 158 Å². The van der Waals surface area contributed by atoms with Gasteiger partial charge in [0.05, 0.1) is 25.7 Å². The number of hydrogen-bond donors (Lipinski definition) is 2. The van der Waals surface area contributed by atoms with E-state index in [1.54, 1.807) is 4.72 Å². The van der Waals surface area contributed by atoms with E-state index in [2.05, 4.69) is 22.2 Å². The molecule has 10 nitrogen and oxygen atoms in total. The number of rotatable bonds is 8. The fourth-order valence-corrected chi connectivity index (χ4v) is 2.72. The maximum absolute atomic E-state index is 14.2. The standard InChI is InChI=1S/C14H13FN4O6S2/c1-23-11-6-12(24-2)17-14(16-11)25-9-5-3-4-8(15)13(9)19-27(21,22)18-10(20)7-26/h3-7,19H,1-2H3,(H,18,20). The molecule has 2 aromatic rings. The van der Waals surface area contributed by atoms with Gasteiger partial charge < -0.3 is 14.2 Å². The van der Waals surface area contributed by atoms with E-state index < -0.39 is 27.6 Å². The highest BCUT2D eigenvalue weighted by Gasteiger charge is 2.20. The second-order valence-electron chi connectivity index (χ2n) is 4.64. The fraction of sp³-hybridized carbons (Fsp3) is 0.143. The molecule has 0 saturated heterocycles. The number of thiocarbonyl (C=S) groups is 1. The number of methoxy groups -OCH3 is 2. The lowest BCUT2D eigenvalue weighted by Crippen LogP contribution is -2.35. The Balaban J connectivity index is 2.38. The second kappa shape index (κ2) is 8.55. The van der Waals surface area contributed by atoms with Gasteiger partial charge in [-0.15, -0.1) is 0 Å². The van der Waals surface area contributed by atoms with E-state index >= 15 is 0 Å². The molecule has 144 valence electrons. The van der Waals surface area contributed by atoms with Gasteiger partial charge in [-0.2, -0.15) is 18.4 Å². The van der Waals surface area contributed by atoms with Crippen LogP contribution in [0.1, 0.15) is 0 Å². The summed E-state index contributed by atoms with van der Waals surface area (Å²) in [5.41, 5.74) is -0.576. The first kappa shape index (κ1) is 20.3. The van der Waals surface area contributed by atoms with Crippen molar-refractivity contribution in [1.82, 2.24) is 14.7 Å². The monoisotopic (exact) mass is 416 g/mol. The van der Waals surface area contributed by atoms with Crippen LogP contribution in [0.4, 0.5) is 10.1 Å². The van der Waals surface area contributed by atoms with Crippen LogP contribution in [0.25, 0.3) is 0 Å². The molecular formula is C14H13FN4O6S2. The molecule has 0 saturated carbocycles. The Kier molecular flexibility index (Phi) is 6.41. The van der Waals surface area contributed by atoms with E-state index in [9.17, 15) is 17.6 Å². The average Bonchev–Trinajstić information content (AvgIpc) is 2.63. The highest BCUT2D eigenvalue weighted by molar-refractivity contribution is 7.91. The number of anilines is 1. The molecule has 0 spiro atoms. The van der Waals surface area contributed by atoms with Gasteiger partial charge in [0.1, 0.15) is 5.69 Å². The van der Waals surface area contributed by atoms with Gasteiger partial charge in [-0.3, -0.25) is 9.52 Å². The Bertz CT molecular complexity index is 948. The fourth-order valence-electron chi connectivity index (χ4n) is 1.74. The molecule has 0 atom stereocenters. The molecule has 2 rings (SSSR count). The van der Waals surface area contributed by atoms with Crippen molar-refractivity contribution in [2.45, 2.75) is 0 Å². The maximum Gasteiger partial charge on any atom is 0.328 e. The van der Waals surface area contributed by atoms with Crippen molar-refractivity contribution < 1.29 is 31.8 Å². The van der Waals surface area contributed by atoms with Crippen molar-refractivity contribution in [2.24, 2.45) is 0 Å². The molecule has 1 heterocycles. The predicted molar refractivity (Wildman–Crippen MR) is 96.0 cm³/mol. The smallest absolute Gasteiger partial charge is 0.328 e. The number of ether oxygens (including phenoxy) is 3. The van der Waals surface area contributed by atoms with Crippen LogP contribution in [0.2, 0.25) is 0 Å². The van der Waals surface area contributed by atoms with Crippen LogP contribution in [0.5, 0.6) is 23.5 Å². The topological polar surface area (TPSA) is 129 Å². The number of halogens is 1. The summed E-state index contributed by atoms with van der Waals surface area (Å²) in [6.07, 6.45) is 0. The predicted octanol–water partition coefficient (Wildman–Crippen LogP) is 1.20. The number of carbonyl (C=O) groups is 1. The summed E-state index contributed by atoms with van der Waals surface area (Å²) in [6.45, 7) is 0. The van der Waals surface area contributed by atoms with Crippen molar-refractivity contribution in [2.75, 3.05) is 18.9 Å². The summed E-state index contributed by atoms with van der Waals surface area (Å²) in [5.74, 6) is -2.11. The molecule has 0 aliphatic rings. The van der Waals surface area contributed by atoms with Crippen LogP contribution in [-0.2, 0) is 15.0 Å². The Morgan fingerprint density at radius 1 is 1.22 bits per heavy atom. The number of benzene rings is 1. The molecule has 1 aromatic heterocycles. The van der Waals surface area contributed by atoms with E-state index in [0.29, 0.717) is 5.37 Å². The number of nitrogens with one attached hydrogen (secondary N) is 2. The highest BCUT2D eigenvalue weighted by Crippen LogP contribution is 2.32. The number of amides is 1. The van der Waals surface area contributed by atoms with Gasteiger partial charge in [0.2, 0.25) is 11.8 Å². The first-order chi connectivity index (χ1) is 12.8. The Hall–Kier alpha value is -3.06. The molecule has 0 fully saturated rings. The summed E-state index contributed by atoms with van der Waals surface area (Å²) >= 11 is 4.32. The summed E-state index contributed by atoms with van der Waals surface area (Å²) < 4.78 is 56.7. The maximum atomic E-state index is 14.2. The lowest BCUT2D eigenvalue weighted by atomic mass is 10.3. The number of nitrogens with zero attached hydrogens (tertiary/aromatic N) is 2. The van der Waals surface area contributed by atoms with E-state index in [1.165, 1.54) is 32.4 Å². The van der Waals surface area contributed by atoms with Crippen molar-refractivity contribution >= 4 is 39.4 Å². The molecule has 0 unspecified atom stereocenters. The van der Waals surface area contributed by atoms with Gasteiger partial charge in [0, 0.05) is 0 Å².